The molecule has 0 amide bonds. The lowest BCUT2D eigenvalue weighted by Crippen LogP contribution is -2.01. The molecular weight excluding hydrogens is 162 g/mol. The average Bonchev–Trinajstić information content (AvgIpc) is 2.09. The molecule has 0 aliphatic heterocycles. The molecule has 0 bridgehead atoms. The number of aromatic nitrogens is 1. The fourth-order valence-corrected chi connectivity index (χ4v) is 1.09. The maximum atomic E-state index is 10.7. The van der Waals surface area contributed by atoms with Crippen molar-refractivity contribution in [2.24, 2.45) is 0 Å². The van der Waals surface area contributed by atoms with E-state index in [0.717, 1.165) is 11.1 Å². The minimum absolute atomic E-state index is 0.0687. The third kappa shape index (κ3) is 3.11. The summed E-state index contributed by atoms with van der Waals surface area (Å²) >= 11 is 0. The Hall–Kier alpha value is -1.57. The normalized spacial score (nSPS) is 12.3. The Morgan fingerprint density at radius 3 is 2.77 bits per heavy atom. The number of nitrogens with one attached hydrogen (secondary N) is 1. The highest BCUT2D eigenvalue weighted by Gasteiger charge is 1.87. The van der Waals surface area contributed by atoms with Crippen molar-refractivity contribution in [3.63, 3.8) is 0 Å². The second kappa shape index (κ2) is 4.45. The van der Waals surface area contributed by atoms with Gasteiger partial charge in [-0.05, 0) is 25.5 Å². The quantitative estimate of drug-likeness (QED) is 0.687. The topological polar surface area (TPSA) is 32.9 Å². The van der Waals surface area contributed by atoms with Crippen LogP contribution in [0.25, 0.3) is 6.08 Å². The molecule has 0 radical (unpaired) electrons. The monoisotopic (exact) mass is 175 g/mol. The predicted octanol–water partition coefficient (Wildman–Crippen LogP) is 2.35. The third-order valence-corrected chi connectivity index (χ3v) is 1.63. The molecule has 2 nitrogen and oxygen atoms in total. The van der Waals surface area contributed by atoms with Crippen LogP contribution in [0.2, 0.25) is 0 Å². The fraction of sp³-hybridized carbons (Fsp3) is 0.182. The predicted molar refractivity (Wildman–Crippen MR) is 55.5 cm³/mol. The molecule has 0 aliphatic rings. The van der Waals surface area contributed by atoms with Crippen LogP contribution in [0.4, 0.5) is 0 Å². The van der Waals surface area contributed by atoms with Gasteiger partial charge in [0.1, 0.15) is 0 Å². The van der Waals surface area contributed by atoms with E-state index < -0.39 is 0 Å². The van der Waals surface area contributed by atoms with E-state index in [4.69, 9.17) is 0 Å². The second-order valence-corrected chi connectivity index (χ2v) is 2.87. The Kier molecular flexibility index (Phi) is 3.26. The number of aromatic amines is 1. The molecule has 1 heterocycles. The fourth-order valence-electron chi connectivity index (χ4n) is 1.09. The lowest BCUT2D eigenvalue weighted by molar-refractivity contribution is 1.23. The van der Waals surface area contributed by atoms with E-state index in [1.165, 1.54) is 6.07 Å². The Labute approximate surface area is 77.6 Å². The molecule has 1 aromatic heterocycles. The number of hydrogen-bond acceptors (Lipinski definition) is 1. The molecule has 1 rings (SSSR count). The first-order valence-electron chi connectivity index (χ1n) is 4.22. The van der Waals surface area contributed by atoms with Crippen LogP contribution in [0.1, 0.15) is 19.4 Å². The molecule has 0 saturated heterocycles. The van der Waals surface area contributed by atoms with E-state index in [-0.39, 0.29) is 5.56 Å². The van der Waals surface area contributed by atoms with E-state index in [1.54, 1.807) is 12.3 Å². The van der Waals surface area contributed by atoms with Gasteiger partial charge in [-0.2, -0.15) is 0 Å². The highest BCUT2D eigenvalue weighted by molar-refractivity contribution is 5.53. The molecule has 0 saturated carbocycles. The molecule has 0 fully saturated rings. The van der Waals surface area contributed by atoms with Crippen LogP contribution in [-0.2, 0) is 0 Å². The molecule has 0 spiro atoms. The summed E-state index contributed by atoms with van der Waals surface area (Å²) < 4.78 is 0. The van der Waals surface area contributed by atoms with Gasteiger partial charge in [0, 0.05) is 12.3 Å². The zero-order chi connectivity index (χ0) is 9.68. The highest BCUT2D eigenvalue weighted by Crippen LogP contribution is 2.04. The SMILES string of the molecule is C/C=C\C(C)=C/c1ccc(=O)[nH]c1. The lowest BCUT2D eigenvalue weighted by Gasteiger charge is -1.93. The third-order valence-electron chi connectivity index (χ3n) is 1.63. The number of rotatable bonds is 2. The summed E-state index contributed by atoms with van der Waals surface area (Å²) in [5, 5.41) is 0. The van der Waals surface area contributed by atoms with Crippen LogP contribution in [-0.4, -0.2) is 4.98 Å². The van der Waals surface area contributed by atoms with Crippen molar-refractivity contribution >= 4 is 6.08 Å². The average molecular weight is 175 g/mol. The van der Waals surface area contributed by atoms with Gasteiger partial charge in [0.05, 0.1) is 0 Å². The Bertz CT molecular complexity index is 365. The van der Waals surface area contributed by atoms with Crippen molar-refractivity contribution in [3.05, 3.63) is 52.0 Å². The first-order valence-corrected chi connectivity index (χ1v) is 4.22. The standard InChI is InChI=1S/C11H13NO/c1-3-4-9(2)7-10-5-6-11(13)12-8-10/h3-8H,1-2H3,(H,12,13)/b4-3-,9-7-. The lowest BCUT2D eigenvalue weighted by atomic mass is 10.2. The maximum Gasteiger partial charge on any atom is 0.247 e. The number of H-pyrrole nitrogens is 1. The van der Waals surface area contributed by atoms with Gasteiger partial charge in [0.2, 0.25) is 5.56 Å². The summed E-state index contributed by atoms with van der Waals surface area (Å²) in [6.45, 7) is 4.00. The van der Waals surface area contributed by atoms with Gasteiger partial charge in [0.25, 0.3) is 0 Å². The van der Waals surface area contributed by atoms with Crippen LogP contribution in [0.5, 0.6) is 0 Å². The van der Waals surface area contributed by atoms with Crippen molar-refractivity contribution in [2.75, 3.05) is 0 Å². The molecular formula is C11H13NO. The molecule has 2 heteroatoms. The minimum Gasteiger partial charge on any atom is -0.329 e. The zero-order valence-corrected chi connectivity index (χ0v) is 7.87. The highest BCUT2D eigenvalue weighted by atomic mass is 16.1. The maximum absolute atomic E-state index is 10.7. The van der Waals surface area contributed by atoms with Gasteiger partial charge in [0.15, 0.2) is 0 Å². The molecule has 0 aromatic carbocycles. The Morgan fingerprint density at radius 2 is 2.23 bits per heavy atom. The van der Waals surface area contributed by atoms with Crippen LogP contribution in [0, 0.1) is 0 Å². The van der Waals surface area contributed by atoms with Gasteiger partial charge in [-0.15, -0.1) is 0 Å². The summed E-state index contributed by atoms with van der Waals surface area (Å²) in [6.07, 6.45) is 7.72. The summed E-state index contributed by atoms with van der Waals surface area (Å²) in [5.74, 6) is 0. The number of hydrogen-bond donors (Lipinski definition) is 1. The van der Waals surface area contributed by atoms with Crippen LogP contribution in [0.15, 0.2) is 40.8 Å². The van der Waals surface area contributed by atoms with Crippen molar-refractivity contribution in [2.45, 2.75) is 13.8 Å². The van der Waals surface area contributed by atoms with Crippen LogP contribution in [0.3, 0.4) is 0 Å². The van der Waals surface area contributed by atoms with Crippen molar-refractivity contribution < 1.29 is 0 Å². The van der Waals surface area contributed by atoms with Crippen molar-refractivity contribution in [1.29, 1.82) is 0 Å². The summed E-state index contributed by atoms with van der Waals surface area (Å²) in [7, 11) is 0. The minimum atomic E-state index is -0.0687. The Balaban J connectivity index is 2.91. The number of pyridine rings is 1. The van der Waals surface area contributed by atoms with E-state index in [0.29, 0.717) is 0 Å². The summed E-state index contributed by atoms with van der Waals surface area (Å²) in [4.78, 5) is 13.4. The number of allylic oxidation sites excluding steroid dienone is 3. The van der Waals surface area contributed by atoms with Gasteiger partial charge in [-0.25, -0.2) is 0 Å². The molecule has 0 unspecified atom stereocenters. The van der Waals surface area contributed by atoms with Gasteiger partial charge >= 0.3 is 0 Å². The van der Waals surface area contributed by atoms with Crippen molar-refractivity contribution in [1.82, 2.24) is 4.98 Å². The zero-order valence-electron chi connectivity index (χ0n) is 7.87. The van der Waals surface area contributed by atoms with Gasteiger partial charge < -0.3 is 4.98 Å². The summed E-state index contributed by atoms with van der Waals surface area (Å²) in [5.41, 5.74) is 2.10. The molecule has 1 aromatic rings. The van der Waals surface area contributed by atoms with Gasteiger partial charge in [-0.1, -0.05) is 23.8 Å². The first-order chi connectivity index (χ1) is 6.22. The largest absolute Gasteiger partial charge is 0.329 e. The second-order valence-electron chi connectivity index (χ2n) is 2.87. The van der Waals surface area contributed by atoms with Gasteiger partial charge in [-0.3, -0.25) is 4.79 Å². The molecule has 0 aliphatic carbocycles. The van der Waals surface area contributed by atoms with E-state index >= 15 is 0 Å². The Morgan fingerprint density at radius 1 is 1.46 bits per heavy atom. The van der Waals surface area contributed by atoms with E-state index in [2.05, 4.69) is 4.98 Å². The molecule has 1 N–H and O–H groups in total. The molecule has 68 valence electrons. The van der Waals surface area contributed by atoms with Crippen LogP contribution >= 0.6 is 0 Å². The van der Waals surface area contributed by atoms with E-state index in [1.807, 2.05) is 32.1 Å². The first kappa shape index (κ1) is 9.52. The van der Waals surface area contributed by atoms with Crippen molar-refractivity contribution in [3.8, 4) is 0 Å². The smallest absolute Gasteiger partial charge is 0.247 e. The van der Waals surface area contributed by atoms with Crippen LogP contribution < -0.4 is 5.56 Å². The summed E-state index contributed by atoms with van der Waals surface area (Å²) in [6, 6.07) is 3.32. The molecule has 0 atom stereocenters. The molecule has 13 heavy (non-hydrogen) atoms. The van der Waals surface area contributed by atoms with E-state index in [9.17, 15) is 4.79 Å².